The number of carboxylic acids is 1. The van der Waals surface area contributed by atoms with Crippen molar-refractivity contribution in [2.75, 3.05) is 0 Å². The third-order valence-corrected chi connectivity index (χ3v) is 4.67. The monoisotopic (exact) mass is 378 g/mol. The van der Waals surface area contributed by atoms with Gasteiger partial charge in [-0.05, 0) is 41.5 Å². The number of aromatic amines is 1. The Kier molecular flexibility index (Phi) is 4.39. The SMILES string of the molecule is O=C(O)c1ccc2nc(-c3ccc(C(O)c4ccc(Cl)cc4)cc3)[nH]c2c1. The van der Waals surface area contributed by atoms with Crippen molar-refractivity contribution >= 4 is 28.6 Å². The Balaban J connectivity index is 1.62. The molecule has 6 heteroatoms. The molecule has 0 aliphatic heterocycles. The fraction of sp³-hybridized carbons (Fsp3) is 0.0476. The molecule has 1 unspecified atom stereocenters. The average Bonchev–Trinajstić information content (AvgIpc) is 3.11. The number of H-pyrrole nitrogens is 1. The number of carboxylic acid groups (broad SMARTS) is 1. The number of aliphatic hydroxyl groups is 1. The number of fused-ring (bicyclic) bond motifs is 1. The highest BCUT2D eigenvalue weighted by atomic mass is 35.5. The second-order valence-electron chi connectivity index (χ2n) is 6.20. The van der Waals surface area contributed by atoms with Gasteiger partial charge >= 0.3 is 5.97 Å². The molecule has 5 nitrogen and oxygen atoms in total. The van der Waals surface area contributed by atoms with Crippen molar-refractivity contribution in [1.29, 1.82) is 0 Å². The molecule has 3 aromatic carbocycles. The largest absolute Gasteiger partial charge is 0.478 e. The third-order valence-electron chi connectivity index (χ3n) is 4.41. The smallest absolute Gasteiger partial charge is 0.335 e. The number of benzene rings is 3. The van der Waals surface area contributed by atoms with Crippen molar-refractivity contribution in [3.8, 4) is 11.4 Å². The lowest BCUT2D eigenvalue weighted by molar-refractivity contribution is 0.0697. The van der Waals surface area contributed by atoms with Gasteiger partial charge in [0.2, 0.25) is 0 Å². The van der Waals surface area contributed by atoms with Crippen molar-refractivity contribution in [3.05, 3.63) is 88.4 Å². The van der Waals surface area contributed by atoms with E-state index in [4.69, 9.17) is 16.7 Å². The summed E-state index contributed by atoms with van der Waals surface area (Å²) in [6.45, 7) is 0. The summed E-state index contributed by atoms with van der Waals surface area (Å²) in [5.41, 5.74) is 3.92. The zero-order valence-electron chi connectivity index (χ0n) is 14.1. The van der Waals surface area contributed by atoms with E-state index in [9.17, 15) is 9.90 Å². The third kappa shape index (κ3) is 3.43. The van der Waals surface area contributed by atoms with Gasteiger partial charge in [0.05, 0.1) is 16.6 Å². The van der Waals surface area contributed by atoms with Gasteiger partial charge in [0.15, 0.2) is 0 Å². The van der Waals surface area contributed by atoms with E-state index in [0.29, 0.717) is 21.9 Å². The first-order valence-corrected chi connectivity index (χ1v) is 8.66. The molecule has 0 aliphatic carbocycles. The summed E-state index contributed by atoms with van der Waals surface area (Å²) >= 11 is 5.89. The topological polar surface area (TPSA) is 86.2 Å². The van der Waals surface area contributed by atoms with Gasteiger partial charge in [-0.3, -0.25) is 0 Å². The van der Waals surface area contributed by atoms with Crippen LogP contribution in [0.1, 0.15) is 27.6 Å². The Bertz CT molecular complexity index is 1120. The van der Waals surface area contributed by atoms with Crippen LogP contribution >= 0.6 is 11.6 Å². The van der Waals surface area contributed by atoms with E-state index >= 15 is 0 Å². The first-order valence-electron chi connectivity index (χ1n) is 8.28. The molecular weight excluding hydrogens is 364 g/mol. The van der Waals surface area contributed by atoms with Crippen LogP contribution in [0.15, 0.2) is 66.7 Å². The molecule has 1 aromatic heterocycles. The van der Waals surface area contributed by atoms with E-state index < -0.39 is 12.1 Å². The second kappa shape index (κ2) is 6.87. The zero-order chi connectivity index (χ0) is 19.0. The molecule has 134 valence electrons. The standard InChI is InChI=1S/C21H15ClN2O3/c22-16-8-5-13(6-9-16)19(25)12-1-3-14(4-2-12)20-23-17-10-7-15(21(26)27)11-18(17)24-20/h1-11,19,25H,(H,23,24)(H,26,27). The van der Waals surface area contributed by atoms with Crippen LogP contribution in [0.2, 0.25) is 5.02 Å². The second-order valence-corrected chi connectivity index (χ2v) is 6.64. The lowest BCUT2D eigenvalue weighted by atomic mass is 10.0. The molecule has 0 saturated heterocycles. The highest BCUT2D eigenvalue weighted by Crippen LogP contribution is 2.26. The maximum atomic E-state index is 11.1. The molecule has 0 amide bonds. The molecule has 0 aliphatic rings. The summed E-state index contributed by atoms with van der Waals surface area (Å²) < 4.78 is 0. The summed E-state index contributed by atoms with van der Waals surface area (Å²) in [5, 5.41) is 20.2. The number of nitrogens with one attached hydrogen (secondary N) is 1. The molecule has 3 N–H and O–H groups in total. The molecule has 4 rings (SSSR count). The number of hydrogen-bond donors (Lipinski definition) is 3. The van der Waals surface area contributed by atoms with Crippen molar-refractivity contribution in [3.63, 3.8) is 0 Å². The molecular formula is C21H15ClN2O3. The Labute approximate surface area is 159 Å². The lowest BCUT2D eigenvalue weighted by Crippen LogP contribution is -1.99. The summed E-state index contributed by atoms with van der Waals surface area (Å²) in [6, 6.07) is 19.2. The molecule has 0 fully saturated rings. The Hall–Kier alpha value is -3.15. The van der Waals surface area contributed by atoms with Crippen LogP contribution in [0.25, 0.3) is 22.4 Å². The summed E-state index contributed by atoms with van der Waals surface area (Å²) in [7, 11) is 0. The fourth-order valence-electron chi connectivity index (χ4n) is 2.94. The minimum absolute atomic E-state index is 0.208. The minimum Gasteiger partial charge on any atom is -0.478 e. The highest BCUT2D eigenvalue weighted by Gasteiger charge is 2.12. The quantitative estimate of drug-likeness (QED) is 0.482. The molecule has 0 spiro atoms. The van der Waals surface area contributed by atoms with Gasteiger partial charge in [0.1, 0.15) is 11.9 Å². The van der Waals surface area contributed by atoms with Crippen molar-refractivity contribution in [2.45, 2.75) is 6.10 Å². The van der Waals surface area contributed by atoms with Gasteiger partial charge < -0.3 is 15.2 Å². The van der Waals surface area contributed by atoms with E-state index in [1.807, 2.05) is 24.3 Å². The van der Waals surface area contributed by atoms with Gasteiger partial charge in [-0.15, -0.1) is 0 Å². The van der Waals surface area contributed by atoms with E-state index in [-0.39, 0.29) is 5.56 Å². The van der Waals surface area contributed by atoms with Crippen LogP contribution in [0.3, 0.4) is 0 Å². The molecule has 1 heterocycles. The summed E-state index contributed by atoms with van der Waals surface area (Å²) in [4.78, 5) is 18.7. The first kappa shape index (κ1) is 17.3. The number of aromatic nitrogens is 2. The first-order chi connectivity index (χ1) is 13.0. The van der Waals surface area contributed by atoms with Crippen LogP contribution in [-0.4, -0.2) is 26.2 Å². The number of rotatable bonds is 4. The molecule has 0 saturated carbocycles. The molecule has 27 heavy (non-hydrogen) atoms. The highest BCUT2D eigenvalue weighted by molar-refractivity contribution is 6.30. The minimum atomic E-state index is -0.978. The van der Waals surface area contributed by atoms with Gasteiger partial charge in [-0.25, -0.2) is 9.78 Å². The number of aliphatic hydroxyl groups excluding tert-OH is 1. The van der Waals surface area contributed by atoms with Gasteiger partial charge in [0, 0.05) is 10.6 Å². The number of carbonyl (C=O) groups is 1. The van der Waals surface area contributed by atoms with Gasteiger partial charge in [-0.1, -0.05) is 48.0 Å². The van der Waals surface area contributed by atoms with Crippen molar-refractivity contribution in [2.24, 2.45) is 0 Å². The predicted octanol–water partition coefficient (Wildman–Crippen LogP) is 4.66. The average molecular weight is 379 g/mol. The number of aromatic carboxylic acids is 1. The van der Waals surface area contributed by atoms with Crippen LogP contribution in [0.5, 0.6) is 0 Å². The van der Waals surface area contributed by atoms with Crippen molar-refractivity contribution < 1.29 is 15.0 Å². The van der Waals surface area contributed by atoms with Gasteiger partial charge in [-0.2, -0.15) is 0 Å². The van der Waals surface area contributed by atoms with Gasteiger partial charge in [0.25, 0.3) is 0 Å². The van der Waals surface area contributed by atoms with E-state index in [0.717, 1.165) is 16.7 Å². The lowest BCUT2D eigenvalue weighted by Gasteiger charge is -2.12. The summed E-state index contributed by atoms with van der Waals surface area (Å²) in [6.07, 6.45) is -0.745. The van der Waals surface area contributed by atoms with Crippen molar-refractivity contribution in [1.82, 2.24) is 9.97 Å². The predicted molar refractivity (Wildman–Crippen MR) is 104 cm³/mol. The Morgan fingerprint density at radius 2 is 1.59 bits per heavy atom. The molecule has 4 aromatic rings. The summed E-state index contributed by atoms with van der Waals surface area (Å²) in [5.74, 6) is -0.339. The Morgan fingerprint density at radius 1 is 0.963 bits per heavy atom. The van der Waals surface area contributed by atoms with Crippen LogP contribution in [-0.2, 0) is 0 Å². The zero-order valence-corrected chi connectivity index (χ0v) is 14.8. The number of hydrogen-bond acceptors (Lipinski definition) is 3. The number of nitrogens with zero attached hydrogens (tertiary/aromatic N) is 1. The normalized spacial score (nSPS) is 12.2. The number of halogens is 1. The maximum Gasteiger partial charge on any atom is 0.335 e. The van der Waals surface area contributed by atoms with Crippen LogP contribution in [0, 0.1) is 0 Å². The Morgan fingerprint density at radius 3 is 2.22 bits per heavy atom. The molecule has 0 radical (unpaired) electrons. The maximum absolute atomic E-state index is 11.1. The van der Waals surface area contributed by atoms with Crippen LogP contribution in [0.4, 0.5) is 0 Å². The van der Waals surface area contributed by atoms with Crippen LogP contribution < -0.4 is 0 Å². The molecule has 0 bridgehead atoms. The number of imidazole rings is 1. The van der Waals surface area contributed by atoms with E-state index in [1.54, 1.807) is 36.4 Å². The van der Waals surface area contributed by atoms with E-state index in [1.165, 1.54) is 6.07 Å². The molecule has 1 atom stereocenters. The van der Waals surface area contributed by atoms with E-state index in [2.05, 4.69) is 9.97 Å². The fourth-order valence-corrected chi connectivity index (χ4v) is 3.07.